The molecule has 0 saturated heterocycles. The summed E-state index contributed by atoms with van der Waals surface area (Å²) < 4.78 is 11.4. The second kappa shape index (κ2) is 13.5. The Labute approximate surface area is 233 Å². The lowest BCUT2D eigenvalue weighted by atomic mass is 10.1. The van der Waals surface area contributed by atoms with E-state index >= 15 is 0 Å². The number of aromatic nitrogens is 1. The summed E-state index contributed by atoms with van der Waals surface area (Å²) in [6.07, 6.45) is 0.565. The molecule has 4 aromatic rings. The molecule has 9 nitrogen and oxygen atoms in total. The predicted octanol–water partition coefficient (Wildman–Crippen LogP) is 6.49. The Bertz CT molecular complexity index is 1450. The molecule has 0 unspecified atom stereocenters. The molecular weight excluding hydrogens is 542 g/mol. The van der Waals surface area contributed by atoms with Gasteiger partial charge in [-0.1, -0.05) is 29.8 Å². The zero-order valence-electron chi connectivity index (χ0n) is 20.7. The molecule has 0 amide bonds. The van der Waals surface area contributed by atoms with E-state index in [0.717, 1.165) is 29.2 Å². The minimum absolute atomic E-state index is 0.0617. The number of aliphatic carboxylic acids is 1. The highest BCUT2D eigenvalue weighted by atomic mass is 35.5. The van der Waals surface area contributed by atoms with Gasteiger partial charge in [-0.25, -0.2) is 9.78 Å². The highest BCUT2D eigenvalue weighted by Gasteiger charge is 2.18. The number of nitro benzene ring substituents is 1. The number of halogens is 1. The number of carboxylic acid groups (broad SMARTS) is 1. The number of ether oxygens (including phenoxy) is 2. The lowest BCUT2D eigenvalue weighted by Gasteiger charge is -2.08. The number of hydrogen-bond acceptors (Lipinski definition) is 8. The van der Waals surface area contributed by atoms with Crippen LogP contribution in [0, 0.1) is 10.1 Å². The molecule has 39 heavy (non-hydrogen) atoms. The summed E-state index contributed by atoms with van der Waals surface area (Å²) in [5, 5.41) is 24.0. The number of hydrogen-bond donors (Lipinski definition) is 1. The van der Waals surface area contributed by atoms with Crippen LogP contribution in [-0.2, 0) is 17.8 Å². The number of aliphatic imine (C=N–C) groups is 1. The lowest BCUT2D eigenvalue weighted by Crippen LogP contribution is -2.17. The number of rotatable bonds is 13. The molecule has 0 bridgehead atoms. The summed E-state index contributed by atoms with van der Waals surface area (Å²) in [7, 11) is 0. The fourth-order valence-electron chi connectivity index (χ4n) is 3.59. The second-order valence-corrected chi connectivity index (χ2v) is 9.67. The molecule has 0 aliphatic heterocycles. The van der Waals surface area contributed by atoms with Gasteiger partial charge in [-0.15, -0.1) is 11.3 Å². The van der Waals surface area contributed by atoms with Crippen molar-refractivity contribution >= 4 is 40.3 Å². The topological polar surface area (TPSA) is 124 Å². The van der Waals surface area contributed by atoms with E-state index in [0.29, 0.717) is 28.8 Å². The Balaban J connectivity index is 1.29. The first kappa shape index (κ1) is 27.7. The standard InChI is InChI=1S/C28H24ClN3O6S/c29-21-8-12-23(13-9-21)38-15-3-14-37-22-10-6-19(7-11-22)25-18-39-27(31-25)17-30-24(28(33)34)16-20-4-1-2-5-26(20)32(35)36/h1-2,4-13,18H,3,14-17H2,(H,33,34). The van der Waals surface area contributed by atoms with Crippen LogP contribution < -0.4 is 9.47 Å². The molecular formula is C28H24ClN3O6S. The third-order valence-electron chi connectivity index (χ3n) is 5.54. The number of nitrogens with zero attached hydrogens (tertiary/aromatic N) is 3. The van der Waals surface area contributed by atoms with E-state index < -0.39 is 10.9 Å². The van der Waals surface area contributed by atoms with Gasteiger partial charge < -0.3 is 14.6 Å². The van der Waals surface area contributed by atoms with Crippen molar-refractivity contribution in [2.75, 3.05) is 13.2 Å². The van der Waals surface area contributed by atoms with Gasteiger partial charge >= 0.3 is 5.97 Å². The molecule has 4 rings (SSSR count). The van der Waals surface area contributed by atoms with Crippen LogP contribution in [0.5, 0.6) is 11.5 Å². The van der Waals surface area contributed by atoms with Gasteiger partial charge in [-0.3, -0.25) is 15.1 Å². The minimum Gasteiger partial charge on any atom is -0.493 e. The maximum absolute atomic E-state index is 11.7. The van der Waals surface area contributed by atoms with Crippen molar-refractivity contribution in [3.63, 3.8) is 0 Å². The normalized spacial score (nSPS) is 11.3. The van der Waals surface area contributed by atoms with Crippen molar-refractivity contribution in [3.05, 3.63) is 104 Å². The first-order valence-corrected chi connectivity index (χ1v) is 13.2. The Morgan fingerprint density at radius 2 is 1.64 bits per heavy atom. The number of thiazole rings is 1. The fourth-order valence-corrected chi connectivity index (χ4v) is 4.44. The number of nitro groups is 1. The van der Waals surface area contributed by atoms with Crippen molar-refractivity contribution < 1.29 is 24.3 Å². The summed E-state index contributed by atoms with van der Waals surface area (Å²) in [4.78, 5) is 31.2. The van der Waals surface area contributed by atoms with Gasteiger partial charge in [0.15, 0.2) is 0 Å². The van der Waals surface area contributed by atoms with Crippen molar-refractivity contribution in [2.45, 2.75) is 19.4 Å². The molecule has 0 atom stereocenters. The first-order valence-electron chi connectivity index (χ1n) is 11.9. The van der Waals surface area contributed by atoms with Gasteiger partial charge in [-0.05, 0) is 48.5 Å². The second-order valence-electron chi connectivity index (χ2n) is 8.29. The number of benzene rings is 3. The molecule has 1 N–H and O–H groups in total. The van der Waals surface area contributed by atoms with Crippen LogP contribution in [0.3, 0.4) is 0 Å². The Morgan fingerprint density at radius 1 is 1.00 bits per heavy atom. The van der Waals surface area contributed by atoms with E-state index in [1.54, 1.807) is 18.2 Å². The van der Waals surface area contributed by atoms with Gasteiger partial charge in [0.1, 0.15) is 22.2 Å². The summed E-state index contributed by atoms with van der Waals surface area (Å²) >= 11 is 7.23. The summed E-state index contributed by atoms with van der Waals surface area (Å²) in [5.41, 5.74) is 1.62. The minimum atomic E-state index is -1.22. The average molecular weight is 566 g/mol. The molecule has 0 aliphatic rings. The molecule has 0 saturated carbocycles. The van der Waals surface area contributed by atoms with Gasteiger partial charge in [0, 0.05) is 40.4 Å². The molecule has 11 heteroatoms. The molecule has 0 radical (unpaired) electrons. The summed E-state index contributed by atoms with van der Waals surface area (Å²) in [6, 6.07) is 20.8. The largest absolute Gasteiger partial charge is 0.493 e. The van der Waals surface area contributed by atoms with E-state index in [1.165, 1.54) is 29.5 Å². The Kier molecular flexibility index (Phi) is 9.60. The molecule has 0 aliphatic carbocycles. The van der Waals surface area contributed by atoms with E-state index in [2.05, 4.69) is 9.98 Å². The average Bonchev–Trinajstić information content (AvgIpc) is 3.41. The predicted molar refractivity (Wildman–Crippen MR) is 150 cm³/mol. The summed E-state index contributed by atoms with van der Waals surface area (Å²) in [6.45, 7) is 1.09. The molecule has 0 spiro atoms. The van der Waals surface area contributed by atoms with Crippen LogP contribution in [-0.4, -0.2) is 39.9 Å². The van der Waals surface area contributed by atoms with E-state index in [4.69, 9.17) is 21.1 Å². The van der Waals surface area contributed by atoms with Crippen LogP contribution in [0.15, 0.2) is 83.2 Å². The smallest absolute Gasteiger partial charge is 0.350 e. The lowest BCUT2D eigenvalue weighted by molar-refractivity contribution is -0.385. The van der Waals surface area contributed by atoms with Crippen molar-refractivity contribution in [3.8, 4) is 22.8 Å². The molecule has 200 valence electrons. The monoisotopic (exact) mass is 565 g/mol. The first-order chi connectivity index (χ1) is 18.9. The SMILES string of the molecule is O=C(O)C(Cc1ccccc1[N+](=O)[O-])=NCc1nc(-c2ccc(OCCCOc3ccc(Cl)cc3)cc2)cs1. The van der Waals surface area contributed by atoms with Crippen molar-refractivity contribution in [2.24, 2.45) is 4.99 Å². The van der Waals surface area contributed by atoms with Crippen LogP contribution in [0.1, 0.15) is 17.0 Å². The highest BCUT2D eigenvalue weighted by molar-refractivity contribution is 7.09. The van der Waals surface area contributed by atoms with Gasteiger partial charge in [0.05, 0.1) is 30.4 Å². The molecule has 0 fully saturated rings. The third kappa shape index (κ3) is 8.10. The maximum atomic E-state index is 11.7. The zero-order chi connectivity index (χ0) is 27.6. The van der Waals surface area contributed by atoms with Crippen LogP contribution in [0.25, 0.3) is 11.3 Å². The summed E-state index contributed by atoms with van der Waals surface area (Å²) in [5.74, 6) is 0.264. The zero-order valence-corrected chi connectivity index (χ0v) is 22.2. The quantitative estimate of drug-likeness (QED) is 0.0850. The van der Waals surface area contributed by atoms with Gasteiger partial charge in [0.2, 0.25) is 0 Å². The van der Waals surface area contributed by atoms with Crippen LogP contribution in [0.2, 0.25) is 5.02 Å². The maximum Gasteiger partial charge on any atom is 0.350 e. The number of carbonyl (C=O) groups is 1. The van der Waals surface area contributed by atoms with E-state index in [9.17, 15) is 20.0 Å². The van der Waals surface area contributed by atoms with Gasteiger partial charge in [0.25, 0.3) is 5.69 Å². The number of carboxylic acids is 1. The molecule has 3 aromatic carbocycles. The van der Waals surface area contributed by atoms with Crippen molar-refractivity contribution in [1.29, 1.82) is 0 Å². The van der Waals surface area contributed by atoms with E-state index in [1.807, 2.05) is 41.8 Å². The van der Waals surface area contributed by atoms with Gasteiger partial charge in [-0.2, -0.15) is 0 Å². The van der Waals surface area contributed by atoms with Crippen LogP contribution >= 0.6 is 22.9 Å². The Morgan fingerprint density at radius 3 is 2.28 bits per heavy atom. The van der Waals surface area contributed by atoms with Crippen LogP contribution in [0.4, 0.5) is 5.69 Å². The van der Waals surface area contributed by atoms with Crippen molar-refractivity contribution in [1.82, 2.24) is 4.98 Å². The number of para-hydroxylation sites is 1. The molecule has 1 heterocycles. The highest BCUT2D eigenvalue weighted by Crippen LogP contribution is 2.25. The fraction of sp³-hybridized carbons (Fsp3) is 0.179. The molecule has 1 aromatic heterocycles. The third-order valence-corrected chi connectivity index (χ3v) is 6.63. The Hall–Kier alpha value is -4.28. The van der Waals surface area contributed by atoms with E-state index in [-0.39, 0.29) is 24.4 Å².